The minimum absolute atomic E-state index is 0.110. The third-order valence-electron chi connectivity index (χ3n) is 5.19. The van der Waals surface area contributed by atoms with E-state index in [1.165, 1.54) is 24.3 Å². The Morgan fingerprint density at radius 2 is 1.69 bits per heavy atom. The van der Waals surface area contributed by atoms with E-state index < -0.39 is 44.3 Å². The molecular weight excluding hydrogens is 490 g/mol. The molecule has 7 nitrogen and oxygen atoms in total. The molecule has 12 heteroatoms. The molecule has 35 heavy (non-hydrogen) atoms. The van der Waals surface area contributed by atoms with Crippen LogP contribution in [0.25, 0.3) is 0 Å². The second kappa shape index (κ2) is 8.52. The molecule has 0 saturated carbocycles. The van der Waals surface area contributed by atoms with Crippen molar-refractivity contribution in [3.05, 3.63) is 94.3 Å². The number of nitriles is 1. The van der Waals surface area contributed by atoms with Crippen molar-refractivity contribution in [1.29, 1.82) is 5.26 Å². The Hall–Kier alpha value is -4.24. The van der Waals surface area contributed by atoms with Gasteiger partial charge < -0.3 is 0 Å². The van der Waals surface area contributed by atoms with Crippen LogP contribution in [0, 0.1) is 17.1 Å². The number of nitrogens with one attached hydrogen (secondary N) is 1. The molecule has 0 aromatic heterocycles. The maximum atomic E-state index is 13.6. The van der Waals surface area contributed by atoms with E-state index in [0.29, 0.717) is 23.3 Å². The lowest BCUT2D eigenvalue weighted by Gasteiger charge is -2.15. The molecule has 0 bridgehead atoms. The summed E-state index contributed by atoms with van der Waals surface area (Å²) in [7, 11) is -4.70. The van der Waals surface area contributed by atoms with Gasteiger partial charge in [-0.05, 0) is 48.0 Å². The summed E-state index contributed by atoms with van der Waals surface area (Å²) in [4.78, 5) is 25.9. The minimum Gasteiger partial charge on any atom is -0.279 e. The summed E-state index contributed by atoms with van der Waals surface area (Å²) in [5.74, 6) is -3.19. The minimum atomic E-state index is -5.13. The predicted molar refractivity (Wildman–Crippen MR) is 114 cm³/mol. The molecule has 4 rings (SSSR count). The second-order valence-corrected chi connectivity index (χ2v) is 9.16. The molecule has 3 aromatic carbocycles. The van der Waals surface area contributed by atoms with Crippen molar-refractivity contribution < 1.29 is 35.6 Å². The second-order valence-electron chi connectivity index (χ2n) is 7.48. The zero-order valence-electron chi connectivity index (χ0n) is 17.4. The normalized spacial score (nSPS) is 13.5. The topological polar surface area (TPSA) is 107 Å². The third kappa shape index (κ3) is 4.45. The number of amides is 2. The van der Waals surface area contributed by atoms with Crippen molar-refractivity contribution in [3.8, 4) is 6.07 Å². The summed E-state index contributed by atoms with van der Waals surface area (Å²) in [6.07, 6.45) is -5.13. The first-order chi connectivity index (χ1) is 16.4. The Labute approximate surface area is 196 Å². The first-order valence-corrected chi connectivity index (χ1v) is 11.3. The van der Waals surface area contributed by atoms with E-state index in [2.05, 4.69) is 0 Å². The number of sulfonamides is 1. The molecule has 0 aliphatic carbocycles. The number of anilines is 1. The average Bonchev–Trinajstić information content (AvgIpc) is 3.04. The molecule has 0 saturated heterocycles. The van der Waals surface area contributed by atoms with E-state index in [0.717, 1.165) is 4.90 Å². The lowest BCUT2D eigenvalue weighted by Crippen LogP contribution is -2.29. The molecular formula is C23H13F4N3O4S. The Bertz CT molecular complexity index is 1530. The number of fused-ring (bicyclic) bond motifs is 1. The predicted octanol–water partition coefficient (Wildman–Crippen LogP) is 4.31. The average molecular weight is 503 g/mol. The van der Waals surface area contributed by atoms with E-state index in [9.17, 15) is 35.6 Å². The summed E-state index contributed by atoms with van der Waals surface area (Å²) >= 11 is 0. The molecule has 1 aliphatic rings. The molecule has 178 valence electrons. The summed E-state index contributed by atoms with van der Waals surface area (Å²) in [5, 5.41) is 9.04. The number of hydrogen-bond donors (Lipinski definition) is 1. The fourth-order valence-electron chi connectivity index (χ4n) is 3.58. The highest BCUT2D eigenvalue weighted by molar-refractivity contribution is 7.92. The van der Waals surface area contributed by atoms with Crippen LogP contribution in [0.2, 0.25) is 0 Å². The smallest absolute Gasteiger partial charge is 0.279 e. The number of alkyl halides is 3. The third-order valence-corrected chi connectivity index (χ3v) is 6.56. The highest BCUT2D eigenvalue weighted by atomic mass is 32.2. The standard InChI is InChI=1S/C23H13F4N3O4S/c24-18-8-7-15(10-17(18)23(25,26)27)35(33,34)29-19-6-2-5-16-20(19)22(32)30(21(16)31)12-14-4-1-3-13(9-14)11-28/h1-10,29H,12H2. The van der Waals surface area contributed by atoms with Crippen LogP contribution in [0.15, 0.2) is 65.6 Å². The van der Waals surface area contributed by atoms with Crippen LogP contribution < -0.4 is 4.72 Å². The Morgan fingerprint density at radius 3 is 2.37 bits per heavy atom. The molecule has 1 aliphatic heterocycles. The van der Waals surface area contributed by atoms with Crippen LogP contribution in [0.3, 0.4) is 0 Å². The van der Waals surface area contributed by atoms with Gasteiger partial charge in [0, 0.05) is 0 Å². The summed E-state index contributed by atoms with van der Waals surface area (Å²) in [5.41, 5.74) is -1.70. The number of halogens is 4. The number of hydrogen-bond acceptors (Lipinski definition) is 5. The first-order valence-electron chi connectivity index (χ1n) is 9.80. The van der Waals surface area contributed by atoms with Gasteiger partial charge in [-0.15, -0.1) is 0 Å². The monoisotopic (exact) mass is 503 g/mol. The number of rotatable bonds is 5. The fourth-order valence-corrected chi connectivity index (χ4v) is 4.67. The maximum Gasteiger partial charge on any atom is 0.419 e. The maximum absolute atomic E-state index is 13.6. The van der Waals surface area contributed by atoms with Crippen LogP contribution >= 0.6 is 0 Å². The van der Waals surface area contributed by atoms with E-state index in [-0.39, 0.29) is 29.4 Å². The van der Waals surface area contributed by atoms with E-state index in [4.69, 9.17) is 5.26 Å². The Kier molecular flexibility index (Phi) is 5.82. The van der Waals surface area contributed by atoms with Gasteiger partial charge in [0.15, 0.2) is 0 Å². The summed E-state index contributed by atoms with van der Waals surface area (Å²) < 4.78 is 80.3. The zero-order valence-corrected chi connectivity index (χ0v) is 18.2. The lowest BCUT2D eigenvalue weighted by atomic mass is 10.1. The molecule has 0 fully saturated rings. The van der Waals surface area contributed by atoms with Crippen molar-refractivity contribution in [1.82, 2.24) is 4.90 Å². The highest BCUT2D eigenvalue weighted by Gasteiger charge is 2.39. The molecule has 0 spiro atoms. The van der Waals surface area contributed by atoms with Crippen molar-refractivity contribution in [2.75, 3.05) is 4.72 Å². The number of benzene rings is 3. The van der Waals surface area contributed by atoms with Crippen molar-refractivity contribution in [3.63, 3.8) is 0 Å². The molecule has 1 N–H and O–H groups in total. The van der Waals surface area contributed by atoms with Crippen LogP contribution in [-0.2, 0) is 22.7 Å². The van der Waals surface area contributed by atoms with Crippen molar-refractivity contribution in [2.24, 2.45) is 0 Å². The summed E-state index contributed by atoms with van der Waals surface area (Å²) in [6.45, 7) is -0.193. The summed E-state index contributed by atoms with van der Waals surface area (Å²) in [6, 6.07) is 13.1. The van der Waals surface area contributed by atoms with Gasteiger partial charge in [-0.3, -0.25) is 19.2 Å². The van der Waals surface area contributed by atoms with Gasteiger partial charge in [0.25, 0.3) is 21.8 Å². The molecule has 0 atom stereocenters. The van der Waals surface area contributed by atoms with E-state index in [1.807, 2.05) is 10.8 Å². The van der Waals surface area contributed by atoms with Crippen LogP contribution in [0.1, 0.15) is 37.4 Å². The number of nitrogens with zero attached hydrogens (tertiary/aromatic N) is 2. The van der Waals surface area contributed by atoms with Crippen LogP contribution in [0.4, 0.5) is 23.2 Å². The molecule has 0 radical (unpaired) electrons. The molecule has 0 unspecified atom stereocenters. The Balaban J connectivity index is 1.68. The van der Waals surface area contributed by atoms with E-state index >= 15 is 0 Å². The number of carbonyl (C=O) groups excluding carboxylic acids is 2. The number of carbonyl (C=O) groups is 2. The lowest BCUT2D eigenvalue weighted by molar-refractivity contribution is -0.140. The van der Waals surface area contributed by atoms with E-state index in [1.54, 1.807) is 18.2 Å². The highest BCUT2D eigenvalue weighted by Crippen LogP contribution is 2.35. The quantitative estimate of drug-likeness (QED) is 0.412. The van der Waals surface area contributed by atoms with Crippen molar-refractivity contribution >= 4 is 27.5 Å². The molecule has 1 heterocycles. The molecule has 3 aromatic rings. The number of imide groups is 1. The van der Waals surface area contributed by atoms with Gasteiger partial charge in [0.2, 0.25) is 0 Å². The van der Waals surface area contributed by atoms with Gasteiger partial charge in [-0.25, -0.2) is 12.8 Å². The van der Waals surface area contributed by atoms with Gasteiger partial charge in [0.1, 0.15) is 5.82 Å². The van der Waals surface area contributed by atoms with Gasteiger partial charge in [0.05, 0.1) is 45.5 Å². The van der Waals surface area contributed by atoms with Crippen molar-refractivity contribution in [2.45, 2.75) is 17.6 Å². The SMILES string of the molecule is N#Cc1cccc(CN2C(=O)c3cccc(NS(=O)(=O)c4ccc(F)c(C(F)(F)F)c4)c3C2=O)c1. The molecule has 2 amide bonds. The fraction of sp³-hybridized carbons (Fsp3) is 0.0870. The van der Waals surface area contributed by atoms with Crippen LogP contribution in [-0.4, -0.2) is 25.1 Å². The first kappa shape index (κ1) is 23.9. The van der Waals surface area contributed by atoms with Gasteiger partial charge in [-0.2, -0.15) is 18.4 Å². The Morgan fingerprint density at radius 1 is 0.971 bits per heavy atom. The largest absolute Gasteiger partial charge is 0.419 e. The van der Waals surface area contributed by atoms with Crippen LogP contribution in [0.5, 0.6) is 0 Å². The van der Waals surface area contributed by atoms with Gasteiger partial charge >= 0.3 is 6.18 Å². The zero-order chi connectivity index (χ0) is 25.5. The van der Waals surface area contributed by atoms with Gasteiger partial charge in [-0.1, -0.05) is 18.2 Å².